The van der Waals surface area contributed by atoms with Crippen molar-refractivity contribution in [3.05, 3.63) is 54.1 Å². The maximum absolute atomic E-state index is 12.3. The van der Waals surface area contributed by atoms with E-state index in [0.29, 0.717) is 31.1 Å². The Balaban J connectivity index is 1.81. The summed E-state index contributed by atoms with van der Waals surface area (Å²) in [7, 11) is 1.58. The van der Waals surface area contributed by atoms with Gasteiger partial charge in [0.15, 0.2) is 17.6 Å². The second-order valence-corrected chi connectivity index (χ2v) is 5.62. The Kier molecular flexibility index (Phi) is 7.14. The van der Waals surface area contributed by atoms with Crippen LogP contribution in [0.3, 0.4) is 0 Å². The van der Waals surface area contributed by atoms with Crippen LogP contribution in [-0.2, 0) is 4.79 Å². The van der Waals surface area contributed by atoms with Crippen molar-refractivity contribution in [1.29, 1.82) is 0 Å². The zero-order valence-corrected chi connectivity index (χ0v) is 15.0. The maximum Gasteiger partial charge on any atom is 0.261 e. The highest BCUT2D eigenvalue weighted by Crippen LogP contribution is 2.27. The van der Waals surface area contributed by atoms with Crippen molar-refractivity contribution in [3.8, 4) is 17.2 Å². The number of nitrogens with one attached hydrogen (secondary N) is 1. The lowest BCUT2D eigenvalue weighted by Crippen LogP contribution is -2.39. The Labute approximate surface area is 148 Å². The van der Waals surface area contributed by atoms with Crippen LogP contribution in [0.1, 0.15) is 18.9 Å². The van der Waals surface area contributed by atoms with Crippen molar-refractivity contribution in [1.82, 2.24) is 5.32 Å². The van der Waals surface area contributed by atoms with Crippen molar-refractivity contribution in [3.63, 3.8) is 0 Å². The van der Waals surface area contributed by atoms with Crippen LogP contribution in [0.2, 0.25) is 0 Å². The lowest BCUT2D eigenvalue weighted by atomic mass is 10.2. The molecule has 0 aliphatic heterocycles. The number of amides is 1. The van der Waals surface area contributed by atoms with Crippen LogP contribution in [0.15, 0.2) is 48.5 Å². The molecule has 0 spiro atoms. The molecule has 1 atom stereocenters. The maximum atomic E-state index is 12.3. The molecule has 1 amide bonds. The van der Waals surface area contributed by atoms with Gasteiger partial charge in [0.05, 0.1) is 13.7 Å². The number of ether oxygens (including phenoxy) is 3. The number of carbonyl (C=O) groups excluding carboxylic acids is 1. The third-order valence-electron chi connectivity index (χ3n) is 3.66. The number of aryl methyl sites for hydroxylation is 1. The molecule has 2 rings (SSSR count). The summed E-state index contributed by atoms with van der Waals surface area (Å²) in [6, 6.07) is 15.1. The number of hydrogen-bond acceptors (Lipinski definition) is 4. The van der Waals surface area contributed by atoms with Crippen LogP contribution in [0.4, 0.5) is 0 Å². The van der Waals surface area contributed by atoms with Crippen LogP contribution < -0.4 is 19.5 Å². The molecule has 0 fully saturated rings. The van der Waals surface area contributed by atoms with Crippen molar-refractivity contribution in [2.24, 2.45) is 0 Å². The van der Waals surface area contributed by atoms with E-state index in [1.165, 1.54) is 0 Å². The molecule has 134 valence electrons. The molecule has 0 saturated heterocycles. The van der Waals surface area contributed by atoms with Gasteiger partial charge in [-0.25, -0.2) is 0 Å². The van der Waals surface area contributed by atoms with Gasteiger partial charge >= 0.3 is 0 Å². The van der Waals surface area contributed by atoms with Gasteiger partial charge in [0.25, 0.3) is 5.91 Å². The van der Waals surface area contributed by atoms with Crippen LogP contribution in [0.5, 0.6) is 17.2 Å². The average molecular weight is 343 g/mol. The Morgan fingerprint density at radius 1 is 1.12 bits per heavy atom. The quantitative estimate of drug-likeness (QED) is 0.710. The molecule has 2 aromatic rings. The summed E-state index contributed by atoms with van der Waals surface area (Å²) in [5.41, 5.74) is 1.14. The van der Waals surface area contributed by atoms with Crippen molar-refractivity contribution in [2.45, 2.75) is 26.4 Å². The molecule has 5 heteroatoms. The van der Waals surface area contributed by atoms with E-state index >= 15 is 0 Å². The fourth-order valence-electron chi connectivity index (χ4n) is 2.35. The second kappa shape index (κ2) is 9.57. The minimum Gasteiger partial charge on any atom is -0.493 e. The lowest BCUT2D eigenvalue weighted by Gasteiger charge is -2.19. The van der Waals surface area contributed by atoms with E-state index in [1.807, 2.05) is 50.2 Å². The summed E-state index contributed by atoms with van der Waals surface area (Å²) in [6.45, 7) is 4.73. The predicted molar refractivity (Wildman–Crippen MR) is 97.4 cm³/mol. The van der Waals surface area contributed by atoms with E-state index in [9.17, 15) is 4.79 Å². The molecule has 0 aromatic heterocycles. The Morgan fingerprint density at radius 3 is 2.56 bits per heavy atom. The summed E-state index contributed by atoms with van der Waals surface area (Å²) in [5.74, 6) is 1.80. The van der Waals surface area contributed by atoms with Gasteiger partial charge in [0.2, 0.25) is 0 Å². The zero-order chi connectivity index (χ0) is 18.1. The molecule has 5 nitrogen and oxygen atoms in total. The third kappa shape index (κ3) is 5.71. The zero-order valence-electron chi connectivity index (χ0n) is 15.0. The van der Waals surface area contributed by atoms with Crippen molar-refractivity contribution in [2.75, 3.05) is 20.3 Å². The SMILES string of the molecule is CCC(Oc1ccccc1OC)C(=O)NCCOc1cccc(C)c1. The number of hydrogen-bond donors (Lipinski definition) is 1. The lowest BCUT2D eigenvalue weighted by molar-refractivity contribution is -0.128. The summed E-state index contributed by atoms with van der Waals surface area (Å²) >= 11 is 0. The number of rotatable bonds is 9. The van der Waals surface area contributed by atoms with E-state index < -0.39 is 6.10 Å². The molecule has 0 heterocycles. The van der Waals surface area contributed by atoms with E-state index in [4.69, 9.17) is 14.2 Å². The van der Waals surface area contributed by atoms with E-state index in [2.05, 4.69) is 5.32 Å². The number of para-hydroxylation sites is 2. The van der Waals surface area contributed by atoms with Gasteiger partial charge < -0.3 is 19.5 Å². The fraction of sp³-hybridized carbons (Fsp3) is 0.350. The van der Waals surface area contributed by atoms with Crippen molar-refractivity contribution < 1.29 is 19.0 Å². The van der Waals surface area contributed by atoms with Gasteiger partial charge in [-0.3, -0.25) is 4.79 Å². The molecule has 25 heavy (non-hydrogen) atoms. The molecule has 0 aliphatic carbocycles. The van der Waals surface area contributed by atoms with Crippen LogP contribution in [0, 0.1) is 6.92 Å². The van der Waals surface area contributed by atoms with Gasteiger partial charge in [-0.2, -0.15) is 0 Å². The first-order valence-corrected chi connectivity index (χ1v) is 8.41. The molecular weight excluding hydrogens is 318 g/mol. The highest BCUT2D eigenvalue weighted by atomic mass is 16.5. The minimum atomic E-state index is -0.574. The topological polar surface area (TPSA) is 56.8 Å². The molecule has 0 saturated carbocycles. The first-order valence-electron chi connectivity index (χ1n) is 8.41. The molecule has 1 N–H and O–H groups in total. The largest absolute Gasteiger partial charge is 0.493 e. The number of benzene rings is 2. The summed E-state index contributed by atoms with van der Waals surface area (Å²) in [5, 5.41) is 2.85. The normalized spacial score (nSPS) is 11.5. The molecule has 0 bridgehead atoms. The third-order valence-corrected chi connectivity index (χ3v) is 3.66. The number of carbonyl (C=O) groups is 1. The Hall–Kier alpha value is -2.69. The van der Waals surface area contributed by atoms with E-state index in [1.54, 1.807) is 19.2 Å². The fourth-order valence-corrected chi connectivity index (χ4v) is 2.35. The van der Waals surface area contributed by atoms with Gasteiger partial charge in [-0.1, -0.05) is 31.2 Å². The van der Waals surface area contributed by atoms with Crippen molar-refractivity contribution >= 4 is 5.91 Å². The second-order valence-electron chi connectivity index (χ2n) is 5.62. The highest BCUT2D eigenvalue weighted by Gasteiger charge is 2.19. The molecule has 1 unspecified atom stereocenters. The van der Waals surface area contributed by atoms with Crippen LogP contribution in [-0.4, -0.2) is 32.3 Å². The molecule has 0 radical (unpaired) electrons. The van der Waals surface area contributed by atoms with Gasteiger partial charge in [0.1, 0.15) is 12.4 Å². The monoisotopic (exact) mass is 343 g/mol. The summed E-state index contributed by atoms with van der Waals surface area (Å²) in [4.78, 5) is 12.3. The molecule has 2 aromatic carbocycles. The summed E-state index contributed by atoms with van der Waals surface area (Å²) < 4.78 is 16.7. The molecule has 0 aliphatic rings. The van der Waals surface area contributed by atoms with Crippen LogP contribution in [0.25, 0.3) is 0 Å². The van der Waals surface area contributed by atoms with E-state index in [-0.39, 0.29) is 5.91 Å². The van der Waals surface area contributed by atoms with Crippen LogP contribution >= 0.6 is 0 Å². The smallest absolute Gasteiger partial charge is 0.261 e. The molecular formula is C20H25NO4. The highest BCUT2D eigenvalue weighted by molar-refractivity contribution is 5.81. The van der Waals surface area contributed by atoms with Gasteiger partial charge in [-0.15, -0.1) is 0 Å². The first-order chi connectivity index (χ1) is 12.1. The number of methoxy groups -OCH3 is 1. The van der Waals surface area contributed by atoms with Gasteiger partial charge in [0, 0.05) is 0 Å². The Morgan fingerprint density at radius 2 is 1.88 bits per heavy atom. The Bertz CT molecular complexity index is 687. The standard InChI is InChI=1S/C20H25NO4/c1-4-17(25-19-11-6-5-10-18(19)23-3)20(22)21-12-13-24-16-9-7-8-15(2)14-16/h5-11,14,17H,4,12-13H2,1-3H3,(H,21,22). The average Bonchev–Trinajstić information content (AvgIpc) is 2.63. The summed E-state index contributed by atoms with van der Waals surface area (Å²) in [6.07, 6.45) is -0.0157. The predicted octanol–water partition coefficient (Wildman–Crippen LogP) is 3.36. The minimum absolute atomic E-state index is 0.166. The first kappa shape index (κ1) is 18.6. The van der Waals surface area contributed by atoms with Gasteiger partial charge in [-0.05, 0) is 43.2 Å². The van der Waals surface area contributed by atoms with E-state index in [0.717, 1.165) is 11.3 Å².